The van der Waals surface area contributed by atoms with Gasteiger partial charge >= 0.3 is 0 Å². The van der Waals surface area contributed by atoms with E-state index in [0.717, 1.165) is 28.3 Å². The number of carbonyl (C=O) groups is 1. The second-order valence-corrected chi connectivity index (χ2v) is 6.21. The van der Waals surface area contributed by atoms with Gasteiger partial charge in [-0.05, 0) is 41.5 Å². The molecule has 1 aromatic heterocycles. The van der Waals surface area contributed by atoms with E-state index >= 15 is 0 Å². The van der Waals surface area contributed by atoms with E-state index in [2.05, 4.69) is 26.8 Å². The molecule has 1 aliphatic rings. The summed E-state index contributed by atoms with van der Waals surface area (Å²) in [7, 11) is 1.65. The predicted molar refractivity (Wildman–Crippen MR) is 104 cm³/mol. The Hall–Kier alpha value is -3.61. The number of allylic oxidation sites excluding steroid dienone is 1. The van der Waals surface area contributed by atoms with Crippen LogP contribution < -0.4 is 15.4 Å². The molecule has 1 amide bonds. The molecule has 7 nitrogen and oxygen atoms in total. The van der Waals surface area contributed by atoms with E-state index < -0.39 is 0 Å². The van der Waals surface area contributed by atoms with Gasteiger partial charge < -0.3 is 15.4 Å². The minimum atomic E-state index is -0.103. The summed E-state index contributed by atoms with van der Waals surface area (Å²) in [5.74, 6) is 1.37. The van der Waals surface area contributed by atoms with Crippen LogP contribution in [-0.2, 0) is 4.79 Å². The molecule has 0 radical (unpaired) electrons. The number of ether oxygens (including phenoxy) is 1. The Morgan fingerprint density at radius 2 is 2.04 bits per heavy atom. The van der Waals surface area contributed by atoms with Gasteiger partial charge in [-0.25, -0.2) is 4.68 Å². The molecule has 2 heterocycles. The van der Waals surface area contributed by atoms with Crippen LogP contribution in [0.4, 0.5) is 11.6 Å². The monoisotopic (exact) mass is 361 g/mol. The minimum absolute atomic E-state index is 0.103. The summed E-state index contributed by atoms with van der Waals surface area (Å²) in [6, 6.07) is 15.5. The van der Waals surface area contributed by atoms with Gasteiger partial charge in [0.1, 0.15) is 18.1 Å². The lowest BCUT2D eigenvalue weighted by molar-refractivity contribution is -0.114. The summed E-state index contributed by atoms with van der Waals surface area (Å²) < 4.78 is 7.09. The number of amides is 1. The number of hydrogen-bond donors (Lipinski definition) is 2. The Kier molecular flexibility index (Phi) is 4.33. The number of aromatic nitrogens is 3. The molecule has 2 aromatic carbocycles. The van der Waals surface area contributed by atoms with Gasteiger partial charge in [0, 0.05) is 18.3 Å². The highest BCUT2D eigenvalue weighted by Gasteiger charge is 2.23. The third-order valence-corrected chi connectivity index (χ3v) is 4.36. The lowest BCUT2D eigenvalue weighted by atomic mass is 10.0. The zero-order valence-corrected chi connectivity index (χ0v) is 15.0. The highest BCUT2D eigenvalue weighted by Crippen LogP contribution is 2.33. The van der Waals surface area contributed by atoms with Gasteiger partial charge in [-0.2, -0.15) is 10.1 Å². The van der Waals surface area contributed by atoms with E-state index in [-0.39, 0.29) is 11.9 Å². The van der Waals surface area contributed by atoms with Gasteiger partial charge in [-0.1, -0.05) is 24.3 Å². The van der Waals surface area contributed by atoms with E-state index in [1.807, 2.05) is 53.2 Å². The largest absolute Gasteiger partial charge is 0.497 e. The number of nitrogens with zero attached hydrogens (tertiary/aromatic N) is 3. The molecule has 1 atom stereocenters. The van der Waals surface area contributed by atoms with Crippen LogP contribution >= 0.6 is 0 Å². The standard InChI is InChI=1S/C20H19N5O2/c1-13(26)23-16-5-3-4-15(10-16)18-11-19(25-20(24-18)21-12-22-25)14-6-8-17(27-2)9-7-14/h3-12,19H,1-2H3,(H,23,26)(H,21,22,24). The smallest absolute Gasteiger partial charge is 0.226 e. The second kappa shape index (κ2) is 6.95. The second-order valence-electron chi connectivity index (χ2n) is 6.21. The molecule has 0 aliphatic carbocycles. The van der Waals surface area contributed by atoms with E-state index in [4.69, 9.17) is 4.74 Å². The average Bonchev–Trinajstić information content (AvgIpc) is 3.16. The van der Waals surface area contributed by atoms with Gasteiger partial charge in [0.25, 0.3) is 0 Å². The molecule has 0 bridgehead atoms. The van der Waals surface area contributed by atoms with Crippen molar-refractivity contribution in [2.24, 2.45) is 0 Å². The normalized spacial score (nSPS) is 15.3. The molecule has 1 aliphatic heterocycles. The summed E-state index contributed by atoms with van der Waals surface area (Å²) in [5, 5.41) is 10.5. The quantitative estimate of drug-likeness (QED) is 0.745. The molecule has 0 spiro atoms. The van der Waals surface area contributed by atoms with Crippen LogP contribution in [0.2, 0.25) is 0 Å². The summed E-state index contributed by atoms with van der Waals surface area (Å²) in [6.07, 6.45) is 3.62. The summed E-state index contributed by atoms with van der Waals surface area (Å²) >= 11 is 0. The van der Waals surface area contributed by atoms with Gasteiger partial charge in [0.15, 0.2) is 0 Å². The molecule has 27 heavy (non-hydrogen) atoms. The minimum Gasteiger partial charge on any atom is -0.497 e. The van der Waals surface area contributed by atoms with E-state index in [1.165, 1.54) is 13.3 Å². The Bertz CT molecular complexity index is 1010. The average molecular weight is 361 g/mol. The fourth-order valence-electron chi connectivity index (χ4n) is 3.11. The predicted octanol–water partition coefficient (Wildman–Crippen LogP) is 3.30. The fraction of sp³-hybridized carbons (Fsp3) is 0.150. The Labute approximate surface area is 156 Å². The molecule has 0 saturated carbocycles. The number of methoxy groups -OCH3 is 1. The van der Waals surface area contributed by atoms with Crippen LogP contribution in [0.15, 0.2) is 60.9 Å². The number of nitrogens with one attached hydrogen (secondary N) is 2. The van der Waals surface area contributed by atoms with Crippen molar-refractivity contribution in [3.8, 4) is 5.75 Å². The Morgan fingerprint density at radius 3 is 2.78 bits per heavy atom. The molecule has 7 heteroatoms. The molecule has 0 fully saturated rings. The van der Waals surface area contributed by atoms with Gasteiger partial charge in [0.2, 0.25) is 11.9 Å². The van der Waals surface area contributed by atoms with E-state index in [0.29, 0.717) is 5.95 Å². The number of anilines is 2. The first-order chi connectivity index (χ1) is 13.1. The van der Waals surface area contributed by atoms with Crippen LogP contribution in [0, 0.1) is 0 Å². The topological polar surface area (TPSA) is 81.1 Å². The first kappa shape index (κ1) is 16.8. The first-order valence-corrected chi connectivity index (χ1v) is 8.54. The van der Waals surface area contributed by atoms with Crippen LogP contribution in [0.25, 0.3) is 5.70 Å². The molecular weight excluding hydrogens is 342 g/mol. The third-order valence-electron chi connectivity index (χ3n) is 4.36. The van der Waals surface area contributed by atoms with Gasteiger partial charge in [-0.3, -0.25) is 4.79 Å². The van der Waals surface area contributed by atoms with Crippen molar-refractivity contribution in [1.29, 1.82) is 0 Å². The highest BCUT2D eigenvalue weighted by atomic mass is 16.5. The number of hydrogen-bond acceptors (Lipinski definition) is 5. The first-order valence-electron chi connectivity index (χ1n) is 8.54. The van der Waals surface area contributed by atoms with Crippen LogP contribution in [0.3, 0.4) is 0 Å². The van der Waals surface area contributed by atoms with Crippen LogP contribution in [-0.4, -0.2) is 27.8 Å². The van der Waals surface area contributed by atoms with E-state index in [9.17, 15) is 4.79 Å². The van der Waals surface area contributed by atoms with Crippen LogP contribution in [0.1, 0.15) is 24.1 Å². The Balaban J connectivity index is 1.73. The lowest BCUT2D eigenvalue weighted by Gasteiger charge is -2.24. The molecule has 4 rings (SSSR count). The van der Waals surface area contributed by atoms with Crippen molar-refractivity contribution in [1.82, 2.24) is 14.8 Å². The summed E-state index contributed by atoms with van der Waals surface area (Å²) in [4.78, 5) is 15.7. The molecule has 2 N–H and O–H groups in total. The molecule has 1 unspecified atom stereocenters. The molecule has 3 aromatic rings. The van der Waals surface area contributed by atoms with Crippen molar-refractivity contribution in [3.63, 3.8) is 0 Å². The fourth-order valence-corrected chi connectivity index (χ4v) is 3.11. The summed E-state index contributed by atoms with van der Waals surface area (Å²) in [5.41, 5.74) is 3.67. The van der Waals surface area contributed by atoms with Crippen LogP contribution in [0.5, 0.6) is 5.75 Å². The molecule has 136 valence electrons. The van der Waals surface area contributed by atoms with Gasteiger partial charge in [-0.15, -0.1) is 0 Å². The molecule has 0 saturated heterocycles. The third kappa shape index (κ3) is 3.39. The van der Waals surface area contributed by atoms with Crippen molar-refractivity contribution in [3.05, 3.63) is 72.1 Å². The van der Waals surface area contributed by atoms with Crippen molar-refractivity contribution in [2.75, 3.05) is 17.7 Å². The van der Waals surface area contributed by atoms with Crippen molar-refractivity contribution < 1.29 is 9.53 Å². The number of fused-ring (bicyclic) bond motifs is 1. The number of carbonyl (C=O) groups excluding carboxylic acids is 1. The van der Waals surface area contributed by atoms with E-state index in [1.54, 1.807) is 7.11 Å². The zero-order chi connectivity index (χ0) is 18.8. The summed E-state index contributed by atoms with van der Waals surface area (Å²) in [6.45, 7) is 1.49. The maximum atomic E-state index is 11.3. The number of rotatable bonds is 4. The highest BCUT2D eigenvalue weighted by molar-refractivity contribution is 5.89. The maximum absolute atomic E-state index is 11.3. The maximum Gasteiger partial charge on any atom is 0.226 e. The molecular formula is C20H19N5O2. The van der Waals surface area contributed by atoms with Crippen molar-refractivity contribution >= 4 is 23.2 Å². The lowest BCUT2D eigenvalue weighted by Crippen LogP contribution is -2.20. The SMILES string of the molecule is COc1ccc(C2C=C(c3cccc(NC(C)=O)c3)Nc3ncnn32)cc1. The number of benzene rings is 2. The zero-order valence-electron chi connectivity index (χ0n) is 15.0. The van der Waals surface area contributed by atoms with Crippen molar-refractivity contribution in [2.45, 2.75) is 13.0 Å². The Morgan fingerprint density at radius 1 is 1.22 bits per heavy atom. The van der Waals surface area contributed by atoms with Gasteiger partial charge in [0.05, 0.1) is 7.11 Å².